The molecule has 1 aliphatic heterocycles. The van der Waals surface area contributed by atoms with Crippen molar-refractivity contribution in [1.29, 1.82) is 0 Å². The molecule has 0 atom stereocenters. The average Bonchev–Trinajstić information content (AvgIpc) is 3.38. The van der Waals surface area contributed by atoms with Crippen molar-refractivity contribution in [3.05, 3.63) is 64.9 Å². The second-order valence-electron chi connectivity index (χ2n) is 8.46. The molecule has 4 rings (SSSR count). The fraction of sp³-hybridized carbons (Fsp3) is 0.269. The van der Waals surface area contributed by atoms with Crippen LogP contribution in [0.5, 0.6) is 5.75 Å². The summed E-state index contributed by atoms with van der Waals surface area (Å²) in [4.78, 5) is 31.3. The van der Waals surface area contributed by atoms with Gasteiger partial charge in [-0.1, -0.05) is 23.6 Å². The molecule has 0 saturated carbocycles. The third-order valence-electron chi connectivity index (χ3n) is 5.80. The Balaban J connectivity index is 1.55. The van der Waals surface area contributed by atoms with Crippen LogP contribution in [0.25, 0.3) is 11.4 Å². The van der Waals surface area contributed by atoms with Crippen LogP contribution in [0, 0.1) is 17.8 Å². The maximum Gasteiger partial charge on any atom is 0.432 e. The van der Waals surface area contributed by atoms with E-state index in [4.69, 9.17) is 16.3 Å². The number of H-pyrrole nitrogens is 1. The Morgan fingerprint density at radius 2 is 2.03 bits per heavy atom. The molecule has 0 unspecified atom stereocenters. The number of alkyl halides is 3. The van der Waals surface area contributed by atoms with Gasteiger partial charge < -0.3 is 19.9 Å². The number of ether oxygens (including phenoxy) is 1. The number of hydrogen-bond donors (Lipinski definition) is 2. The van der Waals surface area contributed by atoms with E-state index in [1.54, 1.807) is 41.3 Å². The quantitative estimate of drug-likeness (QED) is 0.347. The number of aromatic amines is 1. The summed E-state index contributed by atoms with van der Waals surface area (Å²) in [6.07, 6.45) is -1.49. The molecule has 0 radical (unpaired) electrons. The smallest absolute Gasteiger partial charge is 0.432 e. The molecule has 2 N–H and O–H groups in total. The number of carbonyl (C=O) groups excluding carboxylic acids is 2. The summed E-state index contributed by atoms with van der Waals surface area (Å²) in [6, 6.07) is 11.3. The van der Waals surface area contributed by atoms with Gasteiger partial charge >= 0.3 is 12.1 Å². The van der Waals surface area contributed by atoms with Crippen molar-refractivity contribution >= 4 is 29.6 Å². The van der Waals surface area contributed by atoms with E-state index in [1.165, 1.54) is 6.07 Å². The van der Waals surface area contributed by atoms with Gasteiger partial charge in [-0.3, -0.25) is 9.59 Å². The van der Waals surface area contributed by atoms with Gasteiger partial charge in [0, 0.05) is 35.2 Å². The van der Waals surface area contributed by atoms with Crippen LogP contribution >= 0.6 is 11.6 Å². The molecule has 1 aromatic heterocycles. The number of halogens is 4. The van der Waals surface area contributed by atoms with Crippen LogP contribution in [0.4, 0.5) is 18.9 Å². The summed E-state index contributed by atoms with van der Waals surface area (Å²) >= 11 is 5.95. The zero-order valence-corrected chi connectivity index (χ0v) is 20.2. The predicted molar refractivity (Wildman–Crippen MR) is 132 cm³/mol. The average molecular weight is 531 g/mol. The van der Waals surface area contributed by atoms with Gasteiger partial charge in [-0.25, -0.2) is 4.98 Å². The lowest BCUT2D eigenvalue weighted by atomic mass is 9.98. The van der Waals surface area contributed by atoms with Crippen LogP contribution in [0.2, 0.25) is 5.02 Å². The lowest BCUT2D eigenvalue weighted by molar-refractivity contribution is -0.140. The highest BCUT2D eigenvalue weighted by Gasteiger charge is 2.33. The Bertz CT molecular complexity index is 1340. The standard InChI is InChI=1S/C26H22ClF3N4O3/c27-20-3-1-2-17(12-20)4-7-24(36)32-21-13-19(25-31-14-23(33-25)26(28,29)30)5-6-22(21)37-15-18-8-10-34(16-35)11-9-18/h1-3,5-6,12-14,16,18H,8-11,15H2,(H,31,33)(H,32,36). The number of nitrogens with zero attached hydrogens (tertiary/aromatic N) is 2. The maximum atomic E-state index is 13.0. The SMILES string of the molecule is O=CN1CCC(COc2ccc(-c3ncc(C(F)(F)F)[nH]3)cc2NC(=O)C#Cc2cccc(Cl)c2)CC1. The van der Waals surface area contributed by atoms with Crippen LogP contribution in [0.1, 0.15) is 24.1 Å². The van der Waals surface area contributed by atoms with E-state index in [9.17, 15) is 22.8 Å². The molecule has 1 fully saturated rings. The Labute approximate surface area is 216 Å². The number of benzene rings is 2. The van der Waals surface area contributed by atoms with Gasteiger partial charge in [0.2, 0.25) is 6.41 Å². The number of anilines is 1. The normalized spacial score (nSPS) is 14.0. The van der Waals surface area contributed by atoms with E-state index in [1.807, 2.05) is 0 Å². The Hall–Kier alpha value is -3.97. The molecule has 1 saturated heterocycles. The summed E-state index contributed by atoms with van der Waals surface area (Å²) in [5, 5.41) is 3.14. The second-order valence-corrected chi connectivity index (χ2v) is 8.90. The number of likely N-dealkylation sites (tertiary alicyclic amines) is 1. The van der Waals surface area contributed by atoms with Crippen LogP contribution in [0.15, 0.2) is 48.7 Å². The van der Waals surface area contributed by atoms with E-state index < -0.39 is 17.8 Å². The van der Waals surface area contributed by atoms with Gasteiger partial charge in [-0.15, -0.1) is 0 Å². The number of hydrogen-bond acceptors (Lipinski definition) is 4. The highest BCUT2D eigenvalue weighted by Crippen LogP contribution is 2.33. The van der Waals surface area contributed by atoms with E-state index in [0.29, 0.717) is 47.8 Å². The monoisotopic (exact) mass is 530 g/mol. The molecule has 1 aliphatic rings. The van der Waals surface area contributed by atoms with Crippen LogP contribution < -0.4 is 10.1 Å². The van der Waals surface area contributed by atoms with Gasteiger partial charge in [0.25, 0.3) is 0 Å². The number of carbonyl (C=O) groups is 2. The molecular weight excluding hydrogens is 509 g/mol. The van der Waals surface area contributed by atoms with Gasteiger partial charge in [-0.2, -0.15) is 13.2 Å². The van der Waals surface area contributed by atoms with E-state index in [-0.39, 0.29) is 17.4 Å². The predicted octanol–water partition coefficient (Wildman–Crippen LogP) is 4.99. The third-order valence-corrected chi connectivity index (χ3v) is 6.04. The molecule has 11 heteroatoms. The third kappa shape index (κ3) is 7.05. The van der Waals surface area contributed by atoms with Gasteiger partial charge in [0.15, 0.2) is 0 Å². The molecule has 7 nitrogen and oxygen atoms in total. The van der Waals surface area contributed by atoms with Gasteiger partial charge in [0.1, 0.15) is 17.3 Å². The summed E-state index contributed by atoms with van der Waals surface area (Å²) in [7, 11) is 0. The first-order valence-corrected chi connectivity index (χ1v) is 11.8. The number of piperidine rings is 1. The van der Waals surface area contributed by atoms with E-state index >= 15 is 0 Å². The number of aromatic nitrogens is 2. The first kappa shape index (κ1) is 26.1. The van der Waals surface area contributed by atoms with Crippen LogP contribution in [0.3, 0.4) is 0 Å². The number of imidazole rings is 1. The summed E-state index contributed by atoms with van der Waals surface area (Å²) in [5.41, 5.74) is 0.116. The first-order chi connectivity index (χ1) is 17.7. The first-order valence-electron chi connectivity index (χ1n) is 11.4. The Morgan fingerprint density at radius 3 is 2.70 bits per heavy atom. The molecule has 2 heterocycles. The van der Waals surface area contributed by atoms with Gasteiger partial charge in [-0.05, 0) is 55.2 Å². The molecule has 2 aromatic carbocycles. The second kappa shape index (κ2) is 11.4. The molecule has 0 aliphatic carbocycles. The fourth-order valence-electron chi connectivity index (χ4n) is 3.79. The van der Waals surface area contributed by atoms with Crippen molar-refractivity contribution in [3.63, 3.8) is 0 Å². The lowest BCUT2D eigenvalue weighted by Gasteiger charge is -2.29. The lowest BCUT2D eigenvalue weighted by Crippen LogP contribution is -2.34. The number of nitrogens with one attached hydrogen (secondary N) is 2. The zero-order valence-electron chi connectivity index (χ0n) is 19.4. The highest BCUT2D eigenvalue weighted by atomic mass is 35.5. The van der Waals surface area contributed by atoms with Crippen molar-refractivity contribution in [1.82, 2.24) is 14.9 Å². The van der Waals surface area contributed by atoms with Crippen molar-refractivity contribution in [2.75, 3.05) is 25.0 Å². The van der Waals surface area contributed by atoms with Crippen molar-refractivity contribution in [3.8, 4) is 29.0 Å². The molecule has 192 valence electrons. The van der Waals surface area contributed by atoms with Crippen molar-refractivity contribution in [2.45, 2.75) is 19.0 Å². The minimum Gasteiger partial charge on any atom is -0.491 e. The fourth-order valence-corrected chi connectivity index (χ4v) is 3.98. The zero-order chi connectivity index (χ0) is 26.4. The summed E-state index contributed by atoms with van der Waals surface area (Å²) in [6.45, 7) is 1.63. The molecule has 0 bridgehead atoms. The molecule has 2 amide bonds. The number of amides is 2. The largest absolute Gasteiger partial charge is 0.491 e. The maximum absolute atomic E-state index is 13.0. The highest BCUT2D eigenvalue weighted by molar-refractivity contribution is 6.30. The summed E-state index contributed by atoms with van der Waals surface area (Å²) in [5.74, 6) is 5.09. The topological polar surface area (TPSA) is 87.3 Å². The Morgan fingerprint density at radius 1 is 1.24 bits per heavy atom. The minimum atomic E-state index is -4.57. The number of rotatable bonds is 6. The molecule has 3 aromatic rings. The molecule has 37 heavy (non-hydrogen) atoms. The summed E-state index contributed by atoms with van der Waals surface area (Å²) < 4.78 is 45.0. The van der Waals surface area contributed by atoms with E-state index in [2.05, 4.69) is 27.1 Å². The van der Waals surface area contributed by atoms with E-state index in [0.717, 1.165) is 19.3 Å². The molecular formula is C26H22ClF3N4O3. The minimum absolute atomic E-state index is 0.0133. The Kier molecular flexibility index (Phi) is 8.04. The van der Waals surface area contributed by atoms with Crippen LogP contribution in [-0.2, 0) is 15.8 Å². The molecule has 0 spiro atoms. The van der Waals surface area contributed by atoms with Crippen molar-refractivity contribution < 1.29 is 27.5 Å². The van der Waals surface area contributed by atoms with Gasteiger partial charge in [0.05, 0.1) is 18.5 Å². The van der Waals surface area contributed by atoms with Crippen LogP contribution in [-0.4, -0.2) is 46.9 Å². The van der Waals surface area contributed by atoms with Crippen molar-refractivity contribution in [2.24, 2.45) is 5.92 Å².